The number of hydrogen-bond donors (Lipinski definition) is 0. The molecule has 7 nitrogen and oxygen atoms in total. The number of fused-ring (bicyclic) bond motifs is 1. The molecule has 2 aromatic carbocycles. The molecule has 0 aliphatic heterocycles. The molecule has 142 valence electrons. The van der Waals surface area contributed by atoms with E-state index in [1.165, 1.54) is 11.3 Å². The van der Waals surface area contributed by atoms with E-state index in [1.54, 1.807) is 18.0 Å². The molecule has 29 heavy (non-hydrogen) atoms. The molecule has 5 aromatic rings. The van der Waals surface area contributed by atoms with Gasteiger partial charge in [0.2, 0.25) is 5.78 Å². The summed E-state index contributed by atoms with van der Waals surface area (Å²) in [7, 11) is 1.61. The molecule has 0 atom stereocenters. The monoisotopic (exact) mass is 401 g/mol. The van der Waals surface area contributed by atoms with Crippen LogP contribution in [0.25, 0.3) is 21.9 Å². The fraction of sp³-hybridized carbons (Fsp3) is 0.0476. The highest BCUT2D eigenvalue weighted by molar-refractivity contribution is 7.15. The quantitative estimate of drug-likeness (QED) is 0.418. The largest absolute Gasteiger partial charge is 0.497 e. The van der Waals surface area contributed by atoms with Crippen molar-refractivity contribution < 1.29 is 9.53 Å². The van der Waals surface area contributed by atoms with Crippen molar-refractivity contribution in [1.29, 1.82) is 0 Å². The molecule has 3 heterocycles. The predicted octanol–water partition coefficient (Wildman–Crippen LogP) is 3.88. The number of thiazole rings is 1. The van der Waals surface area contributed by atoms with Crippen LogP contribution in [0.4, 0.5) is 0 Å². The summed E-state index contributed by atoms with van der Waals surface area (Å²) >= 11 is 1.48. The summed E-state index contributed by atoms with van der Waals surface area (Å²) in [5.41, 5.74) is 3.05. The molecule has 0 radical (unpaired) electrons. The number of hydrogen-bond acceptors (Lipinski definition) is 6. The van der Waals surface area contributed by atoms with E-state index in [0.717, 1.165) is 22.0 Å². The summed E-state index contributed by atoms with van der Waals surface area (Å²) in [6.07, 6.45) is 3.48. The number of carbonyl (C=O) groups excluding carboxylic acids is 1. The van der Waals surface area contributed by atoms with Crippen LogP contribution in [-0.2, 0) is 0 Å². The van der Waals surface area contributed by atoms with Crippen molar-refractivity contribution in [3.8, 4) is 22.7 Å². The smallest absolute Gasteiger partial charge is 0.233 e. The Bertz CT molecular complexity index is 1300. The van der Waals surface area contributed by atoms with Crippen molar-refractivity contribution in [2.45, 2.75) is 0 Å². The highest BCUT2D eigenvalue weighted by Gasteiger charge is 2.24. The third-order valence-electron chi connectivity index (χ3n) is 4.59. The Balaban J connectivity index is 1.57. The molecule has 0 fully saturated rings. The maximum absolute atomic E-state index is 13.4. The Kier molecular flexibility index (Phi) is 4.18. The Hall–Kier alpha value is -3.78. The SMILES string of the molecule is COc1ccc(-n2cc(C(=O)c3c(-c4ccccc4)nc4sccn34)nn2)cc1. The highest BCUT2D eigenvalue weighted by Crippen LogP contribution is 2.28. The third kappa shape index (κ3) is 2.99. The number of ether oxygens (including phenoxy) is 1. The van der Waals surface area contributed by atoms with Crippen molar-refractivity contribution >= 4 is 22.1 Å². The zero-order valence-electron chi connectivity index (χ0n) is 15.4. The number of benzene rings is 2. The van der Waals surface area contributed by atoms with Crippen LogP contribution in [-0.4, -0.2) is 37.3 Å². The van der Waals surface area contributed by atoms with Gasteiger partial charge in [0, 0.05) is 17.1 Å². The van der Waals surface area contributed by atoms with E-state index in [2.05, 4.69) is 15.3 Å². The van der Waals surface area contributed by atoms with Crippen molar-refractivity contribution in [2.75, 3.05) is 7.11 Å². The minimum absolute atomic E-state index is 0.227. The van der Waals surface area contributed by atoms with Crippen molar-refractivity contribution in [3.63, 3.8) is 0 Å². The Morgan fingerprint density at radius 3 is 2.62 bits per heavy atom. The van der Waals surface area contributed by atoms with Gasteiger partial charge < -0.3 is 4.74 Å². The first-order chi connectivity index (χ1) is 14.2. The lowest BCUT2D eigenvalue weighted by molar-refractivity contribution is 0.102. The van der Waals surface area contributed by atoms with E-state index in [9.17, 15) is 4.79 Å². The molecular weight excluding hydrogens is 386 g/mol. The first-order valence-corrected chi connectivity index (χ1v) is 9.75. The van der Waals surface area contributed by atoms with Gasteiger partial charge in [-0.2, -0.15) is 0 Å². The Morgan fingerprint density at radius 2 is 1.86 bits per heavy atom. The number of carbonyl (C=O) groups is 1. The molecule has 0 unspecified atom stereocenters. The van der Waals surface area contributed by atoms with E-state index >= 15 is 0 Å². The van der Waals surface area contributed by atoms with Gasteiger partial charge in [-0.25, -0.2) is 9.67 Å². The maximum atomic E-state index is 13.4. The second-order valence-corrected chi connectivity index (χ2v) is 7.18. The van der Waals surface area contributed by atoms with Gasteiger partial charge in [-0.15, -0.1) is 16.4 Å². The molecule has 3 aromatic heterocycles. The van der Waals surface area contributed by atoms with Crippen LogP contribution in [0.1, 0.15) is 16.2 Å². The summed E-state index contributed by atoms with van der Waals surface area (Å²) in [5.74, 6) is 0.520. The maximum Gasteiger partial charge on any atom is 0.233 e. The number of imidazole rings is 1. The molecule has 0 saturated heterocycles. The Morgan fingerprint density at radius 1 is 1.07 bits per heavy atom. The second-order valence-electron chi connectivity index (χ2n) is 6.31. The summed E-state index contributed by atoms with van der Waals surface area (Å²) in [6.45, 7) is 0. The molecule has 0 aliphatic carbocycles. The van der Waals surface area contributed by atoms with Crippen molar-refractivity contribution in [1.82, 2.24) is 24.4 Å². The molecule has 0 spiro atoms. The number of nitrogens with zero attached hydrogens (tertiary/aromatic N) is 5. The minimum atomic E-state index is -0.227. The number of rotatable bonds is 5. The standard InChI is InChI=1S/C21H15N5O2S/c1-28-16-9-7-15(8-10-16)26-13-17(23-24-26)20(27)19-18(14-5-3-2-4-6-14)22-21-25(19)11-12-29-21/h2-13H,1H3. The minimum Gasteiger partial charge on any atom is -0.497 e. The highest BCUT2D eigenvalue weighted by atomic mass is 32.1. The lowest BCUT2D eigenvalue weighted by atomic mass is 10.1. The zero-order valence-corrected chi connectivity index (χ0v) is 16.2. The Labute approximate surface area is 169 Å². The van der Waals surface area contributed by atoms with Gasteiger partial charge in [0.15, 0.2) is 10.7 Å². The van der Waals surface area contributed by atoms with E-state index in [4.69, 9.17) is 4.74 Å². The lowest BCUT2D eigenvalue weighted by Crippen LogP contribution is -2.07. The van der Waals surface area contributed by atoms with Crippen LogP contribution in [0, 0.1) is 0 Å². The second kappa shape index (κ2) is 6.99. The molecule has 0 amide bonds. The molecule has 0 aliphatic rings. The van der Waals surface area contributed by atoms with Crippen LogP contribution < -0.4 is 4.74 Å². The zero-order chi connectivity index (χ0) is 19.8. The molecule has 8 heteroatoms. The molecule has 0 bridgehead atoms. The molecule has 0 saturated carbocycles. The number of aromatic nitrogens is 5. The predicted molar refractivity (Wildman–Crippen MR) is 110 cm³/mol. The van der Waals surface area contributed by atoms with E-state index in [1.807, 2.05) is 70.6 Å². The van der Waals surface area contributed by atoms with Crippen LogP contribution in [0.5, 0.6) is 5.75 Å². The third-order valence-corrected chi connectivity index (χ3v) is 5.34. The summed E-state index contributed by atoms with van der Waals surface area (Å²) in [4.78, 5) is 18.8. The van der Waals surface area contributed by atoms with Gasteiger partial charge >= 0.3 is 0 Å². The molecule has 5 rings (SSSR count). The van der Waals surface area contributed by atoms with Gasteiger partial charge in [-0.05, 0) is 24.3 Å². The summed E-state index contributed by atoms with van der Waals surface area (Å²) < 4.78 is 8.56. The first-order valence-electron chi connectivity index (χ1n) is 8.87. The fourth-order valence-electron chi connectivity index (χ4n) is 3.15. The molecular formula is C21H15N5O2S. The number of ketones is 1. The van der Waals surface area contributed by atoms with Gasteiger partial charge in [-0.3, -0.25) is 9.20 Å². The lowest BCUT2D eigenvalue weighted by Gasteiger charge is -2.02. The van der Waals surface area contributed by atoms with Crippen LogP contribution >= 0.6 is 11.3 Å². The van der Waals surface area contributed by atoms with Crippen molar-refractivity contribution in [2.24, 2.45) is 0 Å². The summed E-state index contributed by atoms with van der Waals surface area (Å²) in [5, 5.41) is 10.1. The first kappa shape index (κ1) is 17.3. The van der Waals surface area contributed by atoms with Gasteiger partial charge in [0.1, 0.15) is 17.1 Å². The normalized spacial score (nSPS) is 11.1. The van der Waals surface area contributed by atoms with E-state index in [0.29, 0.717) is 11.4 Å². The van der Waals surface area contributed by atoms with Crippen LogP contribution in [0.2, 0.25) is 0 Å². The average molecular weight is 401 g/mol. The van der Waals surface area contributed by atoms with Gasteiger partial charge in [-0.1, -0.05) is 35.5 Å². The van der Waals surface area contributed by atoms with Crippen LogP contribution in [0.15, 0.2) is 72.4 Å². The van der Waals surface area contributed by atoms with Gasteiger partial charge in [0.25, 0.3) is 0 Å². The summed E-state index contributed by atoms with van der Waals surface area (Å²) in [6, 6.07) is 17.0. The fourth-order valence-corrected chi connectivity index (χ4v) is 3.86. The van der Waals surface area contributed by atoms with E-state index < -0.39 is 0 Å². The molecule has 0 N–H and O–H groups in total. The van der Waals surface area contributed by atoms with E-state index in [-0.39, 0.29) is 11.5 Å². The number of methoxy groups -OCH3 is 1. The van der Waals surface area contributed by atoms with Gasteiger partial charge in [0.05, 0.1) is 19.0 Å². The topological polar surface area (TPSA) is 74.3 Å². The average Bonchev–Trinajstić information content (AvgIpc) is 3.50. The van der Waals surface area contributed by atoms with Crippen molar-refractivity contribution in [3.05, 3.63) is 83.8 Å². The van der Waals surface area contributed by atoms with Crippen LogP contribution in [0.3, 0.4) is 0 Å².